The summed E-state index contributed by atoms with van der Waals surface area (Å²) >= 11 is 14.3. The first-order valence-electron chi connectivity index (χ1n) is 37.4. The largest absolute Gasteiger partial charge is 0.508 e. The minimum absolute atomic E-state index is 0.0369. The van der Waals surface area contributed by atoms with Crippen LogP contribution in [0.1, 0.15) is 163 Å². The number of phenols is 3. The number of primary amides is 1. The Bertz CT molecular complexity index is 4560. The standard InChI is InChI=1S/C76H96Cl2N10O26S/c1-7-8-9-10-11-12-13-14-22-82-70(100)58-40-28-38(90)29-46(92)55(40)54-39(16-15-17-45(54)91)57-72(102)88-60(74(104)86-58)64(114-115(105,106)107)36-19-21-48(42(78)25-36)110-50-27-37-26-49(65(50)113-75-66(63(96)62(95)51(32-89)111-75)112-53-31-76(5,80)67(97)34(4)108-53)109-47-20-18-35(24-41(47)77)61(94)59(87-68(98)43(81-6)23-33(2)3)73(103)83-44(30-52(79)93)69(99)84-56(37)71(101)85-57/h15-21,24-29,33-34,43-44,51,53,56-64,66-67,75,81,89-92,94-97H,7-14,22-23,30-32,80H2,1-6H3,(H2,79,93)(H,82,100)(H,83,103)(H,84,99)(H,85,101)(H,86,104)(H,87,98)(H,88,102)(H,105,106,107)/t34-,43?,44?,51+,53-,56?,57?,58?,59?,60?,61?,62+,63-,64?,66+,67+,75-,76-/m0/s1. The number of nitrogens with two attached hydrogens (primary N) is 2. The first-order valence-corrected chi connectivity index (χ1v) is 39.5. The lowest BCUT2D eigenvalue weighted by molar-refractivity contribution is -0.333. The van der Waals surface area contributed by atoms with Crippen LogP contribution in [0.2, 0.25) is 10.0 Å². The summed E-state index contributed by atoms with van der Waals surface area (Å²) in [5, 5.41) is 113. The van der Waals surface area contributed by atoms with Crippen molar-refractivity contribution in [3.8, 4) is 57.1 Å². The predicted molar refractivity (Wildman–Crippen MR) is 408 cm³/mol. The summed E-state index contributed by atoms with van der Waals surface area (Å²) in [5.41, 5.74) is 7.40. The molecule has 9 unspecified atom stereocenters. The van der Waals surface area contributed by atoms with Crippen molar-refractivity contribution in [2.75, 3.05) is 20.2 Å². The van der Waals surface area contributed by atoms with E-state index in [2.05, 4.69) is 49.5 Å². The fourth-order valence-corrected chi connectivity index (χ4v) is 15.3. The maximum absolute atomic E-state index is 16.5. The van der Waals surface area contributed by atoms with Gasteiger partial charge in [-0.1, -0.05) is 113 Å². The monoisotopic (exact) mass is 1670 g/mol. The molecule has 0 saturated carbocycles. The Kier molecular flexibility index (Phi) is 28.9. The van der Waals surface area contributed by atoms with Crippen molar-refractivity contribution in [1.82, 2.24) is 42.5 Å². The summed E-state index contributed by atoms with van der Waals surface area (Å²) in [4.78, 5) is 121. The fraction of sp³-hybridized carbons (Fsp3) is 0.500. The number of phenolic OH excluding ortho intramolecular Hbond substituents is 3. The van der Waals surface area contributed by atoms with Gasteiger partial charge in [0.1, 0.15) is 95.5 Å². The summed E-state index contributed by atoms with van der Waals surface area (Å²) < 4.78 is 81.3. The first kappa shape index (κ1) is 88.1. The number of hydrogen-bond donors (Lipinski definition) is 19. The number of aliphatic hydroxyl groups is 5. The molecule has 7 aliphatic rings. The number of carbonyl (C=O) groups is 8. The average Bonchev–Trinajstić information content (AvgIpc) is 1.62. The minimum atomic E-state index is -5.84. The normalized spacial score (nSPS) is 27.4. The van der Waals surface area contributed by atoms with E-state index in [-0.39, 0.29) is 30.9 Å². The van der Waals surface area contributed by atoms with Crippen LogP contribution >= 0.6 is 23.2 Å². The highest BCUT2D eigenvalue weighted by Crippen LogP contribution is 2.51. The van der Waals surface area contributed by atoms with Gasteiger partial charge >= 0.3 is 10.4 Å². The number of aliphatic hydroxyl groups excluding tert-OH is 5. The number of rotatable bonds is 24. The van der Waals surface area contributed by atoms with Crippen LogP contribution in [-0.4, -0.2) is 200 Å². The van der Waals surface area contributed by atoms with Gasteiger partial charge in [-0.15, -0.1) is 0 Å². The van der Waals surface area contributed by atoms with Crippen molar-refractivity contribution < 1.29 is 125 Å². The summed E-state index contributed by atoms with van der Waals surface area (Å²) in [7, 11) is -4.38. The first-order chi connectivity index (χ1) is 54.4. The Morgan fingerprint density at radius 3 is 1.94 bits per heavy atom. The smallest absolute Gasteiger partial charge is 0.398 e. The number of halogens is 2. The number of nitrogens with one attached hydrogen (secondary N) is 8. The molecular weight excluding hydrogens is 1570 g/mol. The van der Waals surface area contributed by atoms with E-state index in [0.717, 1.165) is 111 Å². The van der Waals surface area contributed by atoms with E-state index in [1.165, 1.54) is 27.0 Å². The number of fused-ring (bicyclic) bond motifs is 14. The van der Waals surface area contributed by atoms with Crippen molar-refractivity contribution in [2.45, 2.75) is 214 Å². The number of amides is 8. The maximum atomic E-state index is 16.5. The lowest BCUT2D eigenvalue weighted by Crippen LogP contribution is -2.64. The quantitative estimate of drug-likeness (QED) is 0.0312. The fourth-order valence-electron chi connectivity index (χ4n) is 14.4. The van der Waals surface area contributed by atoms with Crippen LogP contribution < -0.4 is 68.2 Å². The van der Waals surface area contributed by atoms with Crippen molar-refractivity contribution in [2.24, 2.45) is 17.4 Å². The third-order valence-corrected chi connectivity index (χ3v) is 21.4. The zero-order valence-corrected chi connectivity index (χ0v) is 65.7. The molecule has 5 aromatic rings. The van der Waals surface area contributed by atoms with Crippen molar-refractivity contribution in [3.05, 3.63) is 117 Å². The molecule has 115 heavy (non-hydrogen) atoms. The molecular formula is C76H96Cl2N10O26S. The molecule has 2 saturated heterocycles. The molecule has 2 fully saturated rings. The van der Waals surface area contributed by atoms with Gasteiger partial charge in [-0.05, 0) is 116 Å². The molecule has 21 N–H and O–H groups in total. The summed E-state index contributed by atoms with van der Waals surface area (Å²) in [6, 6.07) is -1.55. The molecule has 5 aromatic carbocycles. The van der Waals surface area contributed by atoms with Gasteiger partial charge in [0, 0.05) is 35.7 Å². The molecule has 36 nitrogen and oxygen atoms in total. The van der Waals surface area contributed by atoms with Crippen molar-refractivity contribution >= 4 is 80.9 Å². The van der Waals surface area contributed by atoms with Crippen LogP contribution in [0.15, 0.2) is 78.9 Å². The molecule has 0 spiro atoms. The number of likely N-dealkylation sites (N-methyl/N-ethyl adjacent to an activating group) is 1. The van der Waals surface area contributed by atoms with Gasteiger partial charge in [-0.3, -0.25) is 42.9 Å². The molecule has 626 valence electrons. The average molecular weight is 1670 g/mol. The van der Waals surface area contributed by atoms with Gasteiger partial charge in [-0.25, -0.2) is 4.18 Å². The van der Waals surface area contributed by atoms with Crippen LogP contribution in [0.25, 0.3) is 11.1 Å². The number of aromatic hydroxyl groups is 3. The highest BCUT2D eigenvalue weighted by molar-refractivity contribution is 7.80. The third-order valence-electron chi connectivity index (χ3n) is 20.3. The maximum Gasteiger partial charge on any atom is 0.398 e. The molecule has 0 aromatic heterocycles. The Morgan fingerprint density at radius 2 is 1.33 bits per heavy atom. The van der Waals surface area contributed by atoms with E-state index in [1.54, 1.807) is 0 Å². The predicted octanol–water partition coefficient (Wildman–Crippen LogP) is 3.11. The lowest BCUT2D eigenvalue weighted by Gasteiger charge is -2.47. The number of benzene rings is 5. The number of carbonyl (C=O) groups excluding carboxylic acids is 8. The number of ether oxygens (including phenoxy) is 6. The van der Waals surface area contributed by atoms with E-state index in [1.807, 2.05) is 13.8 Å². The molecule has 12 rings (SSSR count). The topological polar surface area (TPSA) is 566 Å². The summed E-state index contributed by atoms with van der Waals surface area (Å²) in [5.74, 6) is -16.3. The minimum Gasteiger partial charge on any atom is -0.508 e. The molecule has 9 bridgehead atoms. The van der Waals surface area contributed by atoms with Crippen LogP contribution in [0.4, 0.5) is 0 Å². The van der Waals surface area contributed by atoms with E-state index in [0.29, 0.717) is 12.8 Å². The Hall–Kier alpha value is -9.29. The second kappa shape index (κ2) is 37.8. The molecule has 39 heteroatoms. The molecule has 0 radical (unpaired) electrons. The van der Waals surface area contributed by atoms with E-state index < -0.39 is 269 Å². The second-order valence-corrected chi connectivity index (χ2v) is 31.5. The van der Waals surface area contributed by atoms with Crippen LogP contribution in [0.3, 0.4) is 0 Å². The zero-order valence-electron chi connectivity index (χ0n) is 63.4. The van der Waals surface area contributed by atoms with Gasteiger partial charge in [0.15, 0.2) is 23.9 Å². The van der Waals surface area contributed by atoms with Gasteiger partial charge in [0.25, 0.3) is 0 Å². The third kappa shape index (κ3) is 20.9. The number of hydrogen-bond acceptors (Lipinski definition) is 27. The van der Waals surface area contributed by atoms with Crippen LogP contribution in [0.5, 0.6) is 46.0 Å². The molecule has 7 aliphatic heterocycles. The highest BCUT2D eigenvalue weighted by Gasteiger charge is 2.52. The molecule has 0 aliphatic carbocycles. The van der Waals surface area contributed by atoms with E-state index in [9.17, 15) is 63.4 Å². The Balaban J connectivity index is 1.25. The van der Waals surface area contributed by atoms with Crippen LogP contribution in [-0.2, 0) is 67.1 Å². The summed E-state index contributed by atoms with van der Waals surface area (Å²) in [6.07, 6.45) is -12.6. The SMILES string of the molecule is CCCCCCCCCCNC(=O)C1NC(=O)C2NC(=O)C(NC(=O)C3NC(=O)C(CC(N)=O)NC(=O)C(NC(=O)C(CC(C)C)NC)C(O)c4ccc(c(Cl)c4)Oc4cc3cc(c4O[C@@H]3O[C@H](CO)[C@@H](O)[C@H](O)[C@H]3O[C@H]3C[C@](C)(N)[C@H](O)[C@H](C)O3)Oc3ccc(cc3Cl)C2OS(=O)(=O)O)c2cccc(O)c2-c2c(O)cc(O)cc21. The van der Waals surface area contributed by atoms with Crippen LogP contribution in [0, 0.1) is 5.92 Å². The van der Waals surface area contributed by atoms with Gasteiger partial charge in [0.2, 0.25) is 59.3 Å². The Morgan fingerprint density at radius 1 is 0.713 bits per heavy atom. The zero-order chi connectivity index (χ0) is 83.8. The van der Waals surface area contributed by atoms with E-state index in [4.69, 9.17) is 67.3 Å². The van der Waals surface area contributed by atoms with E-state index >= 15 is 28.8 Å². The second-order valence-electron chi connectivity index (χ2n) is 29.6. The van der Waals surface area contributed by atoms with Crippen molar-refractivity contribution in [1.29, 1.82) is 0 Å². The van der Waals surface area contributed by atoms with Gasteiger partial charge in [-0.2, -0.15) is 8.42 Å². The van der Waals surface area contributed by atoms with Gasteiger partial charge < -0.3 is 123 Å². The van der Waals surface area contributed by atoms with Gasteiger partial charge in [0.05, 0.1) is 41.3 Å². The molecule has 18 atom stereocenters. The highest BCUT2D eigenvalue weighted by atomic mass is 35.5. The molecule has 7 heterocycles. The summed E-state index contributed by atoms with van der Waals surface area (Å²) in [6.45, 7) is 7.62. The number of unbranched alkanes of at least 4 members (excludes halogenated alkanes) is 7. The Labute approximate surface area is 670 Å². The molecule has 8 amide bonds. The lowest BCUT2D eigenvalue weighted by atomic mass is 9.86. The van der Waals surface area contributed by atoms with Crippen molar-refractivity contribution in [3.63, 3.8) is 0 Å².